The van der Waals surface area contributed by atoms with Crippen LogP contribution < -0.4 is 5.56 Å². The van der Waals surface area contributed by atoms with Crippen molar-refractivity contribution in [2.45, 2.75) is 64.8 Å². The normalized spacial score (nSPS) is 25.4. The van der Waals surface area contributed by atoms with Crippen LogP contribution in [0.25, 0.3) is 10.2 Å². The van der Waals surface area contributed by atoms with Crippen molar-refractivity contribution < 1.29 is 0 Å². The van der Waals surface area contributed by atoms with Crippen LogP contribution in [0, 0.1) is 12.8 Å². The quantitative estimate of drug-likeness (QED) is 0.798. The first kappa shape index (κ1) is 13.5. The molecule has 0 aliphatic heterocycles. The van der Waals surface area contributed by atoms with E-state index < -0.39 is 0 Å². The van der Waals surface area contributed by atoms with E-state index in [0.29, 0.717) is 6.04 Å². The minimum Gasteiger partial charge on any atom is -0.293 e. The van der Waals surface area contributed by atoms with Crippen molar-refractivity contribution in [3.8, 4) is 0 Å². The van der Waals surface area contributed by atoms with E-state index in [4.69, 9.17) is 4.98 Å². The van der Waals surface area contributed by atoms with Gasteiger partial charge in [0.2, 0.25) is 0 Å². The highest BCUT2D eigenvalue weighted by Gasteiger charge is 2.26. The van der Waals surface area contributed by atoms with Gasteiger partial charge in [-0.3, -0.25) is 9.36 Å². The fourth-order valence-electron chi connectivity index (χ4n) is 4.09. The summed E-state index contributed by atoms with van der Waals surface area (Å²) in [7, 11) is 0. The van der Waals surface area contributed by atoms with Gasteiger partial charge in [0.1, 0.15) is 10.7 Å². The Kier molecular flexibility index (Phi) is 3.18. The van der Waals surface area contributed by atoms with Gasteiger partial charge in [-0.05, 0) is 63.4 Å². The molecule has 0 spiro atoms. The van der Waals surface area contributed by atoms with Crippen LogP contribution in [-0.4, -0.2) is 9.55 Å². The molecule has 4 rings (SSSR count). The molecule has 1 saturated carbocycles. The van der Waals surface area contributed by atoms with Crippen molar-refractivity contribution in [2.75, 3.05) is 0 Å². The van der Waals surface area contributed by atoms with Crippen LogP contribution in [0.15, 0.2) is 4.79 Å². The molecule has 21 heavy (non-hydrogen) atoms. The zero-order valence-electron chi connectivity index (χ0n) is 12.8. The van der Waals surface area contributed by atoms with Gasteiger partial charge in [0.05, 0.1) is 5.39 Å². The third-order valence-corrected chi connectivity index (χ3v) is 6.48. The van der Waals surface area contributed by atoms with Crippen molar-refractivity contribution in [1.82, 2.24) is 9.55 Å². The molecule has 112 valence electrons. The Hall–Kier alpha value is -1.16. The summed E-state index contributed by atoms with van der Waals surface area (Å²) >= 11 is 1.75. The highest BCUT2D eigenvalue weighted by Crippen LogP contribution is 2.36. The lowest BCUT2D eigenvalue weighted by Crippen LogP contribution is -2.30. The maximum atomic E-state index is 13.1. The third kappa shape index (κ3) is 2.07. The maximum absolute atomic E-state index is 13.1. The number of rotatable bonds is 1. The van der Waals surface area contributed by atoms with Gasteiger partial charge in [-0.2, -0.15) is 0 Å². The molecule has 0 unspecified atom stereocenters. The lowest BCUT2D eigenvalue weighted by Gasteiger charge is -2.28. The SMILES string of the molecule is Cc1nc2sc3c(c2c(=O)n1C1CCC(C)CC1)CCC3. The first-order valence-electron chi connectivity index (χ1n) is 8.18. The summed E-state index contributed by atoms with van der Waals surface area (Å²) in [6.07, 6.45) is 8.12. The molecular formula is C17H22N2OS. The van der Waals surface area contributed by atoms with Crippen molar-refractivity contribution in [1.29, 1.82) is 0 Å². The molecule has 0 aromatic carbocycles. The topological polar surface area (TPSA) is 34.9 Å². The van der Waals surface area contributed by atoms with Crippen LogP contribution in [0.4, 0.5) is 0 Å². The van der Waals surface area contributed by atoms with E-state index in [2.05, 4.69) is 6.92 Å². The van der Waals surface area contributed by atoms with Gasteiger partial charge in [-0.1, -0.05) is 6.92 Å². The average molecular weight is 302 g/mol. The van der Waals surface area contributed by atoms with Crippen LogP contribution in [0.3, 0.4) is 0 Å². The van der Waals surface area contributed by atoms with Gasteiger partial charge in [0.15, 0.2) is 0 Å². The number of hydrogen-bond donors (Lipinski definition) is 0. The van der Waals surface area contributed by atoms with E-state index >= 15 is 0 Å². The maximum Gasteiger partial charge on any atom is 0.262 e. The number of thiophene rings is 1. The molecule has 2 aromatic rings. The molecule has 0 amide bonds. The van der Waals surface area contributed by atoms with E-state index in [0.717, 1.165) is 47.6 Å². The lowest BCUT2D eigenvalue weighted by molar-refractivity contribution is 0.281. The van der Waals surface area contributed by atoms with Gasteiger partial charge in [0, 0.05) is 10.9 Å². The number of aromatic nitrogens is 2. The van der Waals surface area contributed by atoms with E-state index in [1.807, 2.05) is 11.5 Å². The molecule has 4 heteroatoms. The van der Waals surface area contributed by atoms with Crippen LogP contribution in [0.2, 0.25) is 0 Å². The molecule has 0 saturated heterocycles. The summed E-state index contributed by atoms with van der Waals surface area (Å²) in [5.74, 6) is 1.71. The summed E-state index contributed by atoms with van der Waals surface area (Å²) in [6, 6.07) is 0.363. The summed E-state index contributed by atoms with van der Waals surface area (Å²) in [4.78, 5) is 20.2. The Morgan fingerprint density at radius 2 is 1.95 bits per heavy atom. The third-order valence-electron chi connectivity index (χ3n) is 5.30. The molecular weight excluding hydrogens is 280 g/mol. The number of fused-ring (bicyclic) bond motifs is 3. The average Bonchev–Trinajstić information content (AvgIpc) is 3.00. The monoisotopic (exact) mass is 302 g/mol. The number of aryl methyl sites for hydroxylation is 3. The fraction of sp³-hybridized carbons (Fsp3) is 0.647. The Labute approximate surface area is 129 Å². The van der Waals surface area contributed by atoms with Gasteiger partial charge >= 0.3 is 0 Å². The Balaban J connectivity index is 1.87. The van der Waals surface area contributed by atoms with Crippen molar-refractivity contribution in [3.05, 3.63) is 26.6 Å². The first-order valence-corrected chi connectivity index (χ1v) is 9.00. The van der Waals surface area contributed by atoms with Crippen molar-refractivity contribution in [3.63, 3.8) is 0 Å². The van der Waals surface area contributed by atoms with E-state index in [1.165, 1.54) is 29.7 Å². The van der Waals surface area contributed by atoms with E-state index in [9.17, 15) is 4.79 Å². The summed E-state index contributed by atoms with van der Waals surface area (Å²) in [6.45, 7) is 4.32. The van der Waals surface area contributed by atoms with Gasteiger partial charge in [-0.25, -0.2) is 4.98 Å². The second kappa shape index (κ2) is 4.94. The van der Waals surface area contributed by atoms with Crippen molar-refractivity contribution >= 4 is 21.6 Å². The molecule has 2 heterocycles. The van der Waals surface area contributed by atoms with Crippen LogP contribution in [0.1, 0.15) is 61.3 Å². The number of nitrogens with zero attached hydrogens (tertiary/aromatic N) is 2. The molecule has 1 fully saturated rings. The van der Waals surface area contributed by atoms with Gasteiger partial charge in [-0.15, -0.1) is 11.3 Å². The molecule has 2 aliphatic rings. The Morgan fingerprint density at radius 1 is 1.19 bits per heavy atom. The molecule has 0 radical (unpaired) electrons. The second-order valence-corrected chi connectivity index (χ2v) is 7.87. The molecule has 0 N–H and O–H groups in total. The highest BCUT2D eigenvalue weighted by atomic mass is 32.1. The predicted octanol–water partition coefficient (Wildman–Crippen LogP) is 4.01. The molecule has 2 aromatic heterocycles. The first-order chi connectivity index (χ1) is 10.1. The fourth-order valence-corrected chi connectivity index (χ4v) is 5.39. The molecule has 3 nitrogen and oxygen atoms in total. The highest BCUT2D eigenvalue weighted by molar-refractivity contribution is 7.18. The van der Waals surface area contributed by atoms with E-state index in [1.54, 1.807) is 11.3 Å². The summed E-state index contributed by atoms with van der Waals surface area (Å²) in [5, 5.41) is 0.941. The van der Waals surface area contributed by atoms with E-state index in [-0.39, 0.29) is 5.56 Å². The Morgan fingerprint density at radius 3 is 2.71 bits per heavy atom. The minimum absolute atomic E-state index is 0.233. The van der Waals surface area contributed by atoms with Crippen LogP contribution in [0.5, 0.6) is 0 Å². The second-order valence-electron chi connectivity index (χ2n) is 6.79. The molecule has 0 bridgehead atoms. The minimum atomic E-state index is 0.233. The lowest BCUT2D eigenvalue weighted by atomic mass is 9.87. The molecule has 2 aliphatic carbocycles. The van der Waals surface area contributed by atoms with Crippen molar-refractivity contribution in [2.24, 2.45) is 5.92 Å². The zero-order valence-corrected chi connectivity index (χ0v) is 13.6. The standard InChI is InChI=1S/C17H22N2OS/c1-10-6-8-12(9-7-10)19-11(2)18-16-15(17(19)20)13-4-3-5-14(13)21-16/h10,12H,3-9H2,1-2H3. The van der Waals surface area contributed by atoms with Gasteiger partial charge < -0.3 is 0 Å². The van der Waals surface area contributed by atoms with Crippen LogP contribution in [-0.2, 0) is 12.8 Å². The summed E-state index contributed by atoms with van der Waals surface area (Å²) in [5.41, 5.74) is 1.54. The van der Waals surface area contributed by atoms with Crippen LogP contribution >= 0.6 is 11.3 Å². The Bertz CT molecular complexity index is 750. The molecule has 0 atom stereocenters. The zero-order chi connectivity index (χ0) is 14.6. The number of hydrogen-bond acceptors (Lipinski definition) is 3. The van der Waals surface area contributed by atoms with Gasteiger partial charge in [0.25, 0.3) is 5.56 Å². The largest absolute Gasteiger partial charge is 0.293 e. The smallest absolute Gasteiger partial charge is 0.262 e. The predicted molar refractivity (Wildman–Crippen MR) is 87.3 cm³/mol. The summed E-state index contributed by atoms with van der Waals surface area (Å²) < 4.78 is 2.01.